The monoisotopic (exact) mass is 173 g/mol. The summed E-state index contributed by atoms with van der Waals surface area (Å²) >= 11 is 0. The van der Waals surface area contributed by atoms with E-state index in [1.165, 1.54) is 0 Å². The van der Waals surface area contributed by atoms with Gasteiger partial charge < -0.3 is 21.1 Å². The van der Waals surface area contributed by atoms with Gasteiger partial charge in [-0.05, 0) is 13.5 Å². The van der Waals surface area contributed by atoms with Gasteiger partial charge in [-0.2, -0.15) is 0 Å². The molecule has 0 spiro atoms. The van der Waals surface area contributed by atoms with Gasteiger partial charge in [-0.25, -0.2) is 0 Å². The van der Waals surface area contributed by atoms with Crippen LogP contribution in [-0.4, -0.2) is 43.4 Å². The molecule has 0 saturated carbocycles. The number of carboxylic acid groups (broad SMARTS) is 1. The first-order valence-electron chi connectivity index (χ1n) is 4.08. The van der Waals surface area contributed by atoms with Gasteiger partial charge in [0.2, 0.25) is 0 Å². The molecule has 5 nitrogen and oxygen atoms in total. The van der Waals surface area contributed by atoms with Crippen LogP contribution in [-0.2, 0) is 4.79 Å². The highest BCUT2D eigenvalue weighted by atomic mass is 16.4. The Balaban J connectivity index is 2.30. The third-order valence-corrected chi connectivity index (χ3v) is 2.07. The fourth-order valence-corrected chi connectivity index (χ4v) is 1.33. The molecule has 2 atom stereocenters. The molecular formula is C7H15N3O2. The number of rotatable bonds is 4. The largest absolute Gasteiger partial charge is 0.480 e. The van der Waals surface area contributed by atoms with Gasteiger partial charge in [-0.15, -0.1) is 0 Å². The SMILES string of the molecule is CN[C@@H](CC1CNCN1)C(=O)O. The minimum Gasteiger partial charge on any atom is -0.480 e. The van der Waals surface area contributed by atoms with Crippen molar-refractivity contribution in [2.75, 3.05) is 20.3 Å². The first-order chi connectivity index (χ1) is 5.74. The Morgan fingerprint density at radius 3 is 3.00 bits per heavy atom. The second-order valence-corrected chi connectivity index (χ2v) is 2.95. The molecule has 0 aliphatic carbocycles. The lowest BCUT2D eigenvalue weighted by Crippen LogP contribution is -2.40. The van der Waals surface area contributed by atoms with Crippen LogP contribution in [0.15, 0.2) is 0 Å². The van der Waals surface area contributed by atoms with Crippen LogP contribution < -0.4 is 16.0 Å². The maximum absolute atomic E-state index is 10.6. The van der Waals surface area contributed by atoms with E-state index in [0.717, 1.165) is 13.2 Å². The molecule has 5 heteroatoms. The summed E-state index contributed by atoms with van der Waals surface area (Å²) in [4.78, 5) is 10.6. The molecule has 1 unspecified atom stereocenters. The van der Waals surface area contributed by atoms with E-state index in [1.54, 1.807) is 7.05 Å². The predicted octanol–water partition coefficient (Wildman–Crippen LogP) is -1.43. The van der Waals surface area contributed by atoms with Crippen LogP contribution in [0.1, 0.15) is 6.42 Å². The maximum atomic E-state index is 10.6. The van der Waals surface area contributed by atoms with E-state index >= 15 is 0 Å². The molecule has 70 valence electrons. The first-order valence-corrected chi connectivity index (χ1v) is 4.08. The molecule has 0 amide bonds. The van der Waals surface area contributed by atoms with E-state index in [0.29, 0.717) is 6.42 Å². The number of nitrogens with one attached hydrogen (secondary N) is 3. The predicted molar refractivity (Wildman–Crippen MR) is 44.9 cm³/mol. The van der Waals surface area contributed by atoms with Gasteiger partial charge in [0, 0.05) is 19.3 Å². The Morgan fingerprint density at radius 1 is 1.83 bits per heavy atom. The summed E-state index contributed by atoms with van der Waals surface area (Å²) in [5.41, 5.74) is 0. The van der Waals surface area contributed by atoms with Crippen molar-refractivity contribution in [1.29, 1.82) is 0 Å². The number of aliphatic carboxylic acids is 1. The summed E-state index contributed by atoms with van der Waals surface area (Å²) in [5, 5.41) is 17.8. The second kappa shape index (κ2) is 4.39. The van der Waals surface area contributed by atoms with Crippen LogP contribution in [0.5, 0.6) is 0 Å². The average Bonchev–Trinajstić information content (AvgIpc) is 2.51. The first kappa shape index (κ1) is 9.44. The van der Waals surface area contributed by atoms with Crippen LogP contribution in [0.3, 0.4) is 0 Å². The molecule has 1 aliphatic rings. The van der Waals surface area contributed by atoms with Crippen molar-refractivity contribution in [3.05, 3.63) is 0 Å². The highest BCUT2D eigenvalue weighted by molar-refractivity contribution is 5.73. The minimum absolute atomic E-state index is 0.276. The van der Waals surface area contributed by atoms with E-state index in [2.05, 4.69) is 16.0 Å². The maximum Gasteiger partial charge on any atom is 0.320 e. The van der Waals surface area contributed by atoms with Gasteiger partial charge in [0.1, 0.15) is 6.04 Å². The van der Waals surface area contributed by atoms with E-state index in [4.69, 9.17) is 5.11 Å². The summed E-state index contributed by atoms with van der Waals surface area (Å²) in [7, 11) is 1.67. The Labute approximate surface area is 71.5 Å². The molecule has 4 N–H and O–H groups in total. The fourth-order valence-electron chi connectivity index (χ4n) is 1.33. The Kier molecular flexibility index (Phi) is 3.46. The molecular weight excluding hydrogens is 158 g/mol. The zero-order chi connectivity index (χ0) is 8.97. The number of likely N-dealkylation sites (N-methyl/N-ethyl adjacent to an activating group) is 1. The number of hydrogen-bond donors (Lipinski definition) is 4. The van der Waals surface area contributed by atoms with Crippen LogP contribution in [0.2, 0.25) is 0 Å². The van der Waals surface area contributed by atoms with Crippen LogP contribution >= 0.6 is 0 Å². The van der Waals surface area contributed by atoms with Crippen molar-refractivity contribution in [3.8, 4) is 0 Å². The standard InChI is InChI=1S/C7H15N3O2/c1-8-6(7(11)12)2-5-3-9-4-10-5/h5-6,8-10H,2-4H2,1H3,(H,11,12)/t5?,6-/m0/s1. The Morgan fingerprint density at radius 2 is 2.58 bits per heavy atom. The van der Waals surface area contributed by atoms with Gasteiger partial charge in [-0.1, -0.05) is 0 Å². The molecule has 1 rings (SSSR count). The van der Waals surface area contributed by atoms with Crippen molar-refractivity contribution in [2.24, 2.45) is 0 Å². The molecule has 0 bridgehead atoms. The Bertz CT molecular complexity index is 157. The molecule has 0 aromatic carbocycles. The highest BCUT2D eigenvalue weighted by Gasteiger charge is 2.22. The van der Waals surface area contributed by atoms with Gasteiger partial charge in [0.15, 0.2) is 0 Å². The third kappa shape index (κ3) is 2.44. The highest BCUT2D eigenvalue weighted by Crippen LogP contribution is 2.00. The van der Waals surface area contributed by atoms with E-state index < -0.39 is 12.0 Å². The summed E-state index contributed by atoms with van der Waals surface area (Å²) in [5.74, 6) is -0.786. The topological polar surface area (TPSA) is 73.4 Å². The van der Waals surface area contributed by atoms with Gasteiger partial charge >= 0.3 is 5.97 Å². The molecule has 0 aromatic heterocycles. The molecule has 1 heterocycles. The molecule has 1 aliphatic heterocycles. The smallest absolute Gasteiger partial charge is 0.320 e. The van der Waals surface area contributed by atoms with Crippen molar-refractivity contribution in [1.82, 2.24) is 16.0 Å². The third-order valence-electron chi connectivity index (χ3n) is 2.07. The summed E-state index contributed by atoms with van der Waals surface area (Å²) in [6.07, 6.45) is 0.624. The van der Waals surface area contributed by atoms with Crippen molar-refractivity contribution in [2.45, 2.75) is 18.5 Å². The fraction of sp³-hybridized carbons (Fsp3) is 0.857. The molecule has 1 saturated heterocycles. The Hall–Kier alpha value is -0.650. The zero-order valence-corrected chi connectivity index (χ0v) is 7.13. The van der Waals surface area contributed by atoms with Gasteiger partial charge in [0.25, 0.3) is 0 Å². The molecule has 1 fully saturated rings. The van der Waals surface area contributed by atoms with Crippen molar-refractivity contribution >= 4 is 5.97 Å². The molecule has 12 heavy (non-hydrogen) atoms. The molecule has 0 radical (unpaired) electrons. The number of carbonyl (C=O) groups is 1. The summed E-state index contributed by atoms with van der Waals surface area (Å²) < 4.78 is 0. The summed E-state index contributed by atoms with van der Waals surface area (Å²) in [6.45, 7) is 1.63. The second-order valence-electron chi connectivity index (χ2n) is 2.95. The number of carboxylic acids is 1. The van der Waals surface area contributed by atoms with E-state index in [1.807, 2.05) is 0 Å². The average molecular weight is 173 g/mol. The normalized spacial score (nSPS) is 25.6. The van der Waals surface area contributed by atoms with E-state index in [9.17, 15) is 4.79 Å². The van der Waals surface area contributed by atoms with Crippen LogP contribution in [0, 0.1) is 0 Å². The van der Waals surface area contributed by atoms with Gasteiger partial charge in [0.05, 0.1) is 0 Å². The number of hydrogen-bond acceptors (Lipinski definition) is 4. The zero-order valence-electron chi connectivity index (χ0n) is 7.13. The van der Waals surface area contributed by atoms with Crippen molar-refractivity contribution in [3.63, 3.8) is 0 Å². The van der Waals surface area contributed by atoms with Crippen LogP contribution in [0.4, 0.5) is 0 Å². The lowest BCUT2D eigenvalue weighted by molar-refractivity contribution is -0.139. The van der Waals surface area contributed by atoms with E-state index in [-0.39, 0.29) is 6.04 Å². The summed E-state index contributed by atoms with van der Waals surface area (Å²) in [6, 6.07) is -0.166. The van der Waals surface area contributed by atoms with Crippen LogP contribution in [0.25, 0.3) is 0 Å². The van der Waals surface area contributed by atoms with Gasteiger partial charge in [-0.3, -0.25) is 4.79 Å². The molecule has 0 aromatic rings. The van der Waals surface area contributed by atoms with Crippen molar-refractivity contribution < 1.29 is 9.90 Å². The quantitative estimate of drug-likeness (QED) is 0.419. The lowest BCUT2D eigenvalue weighted by atomic mass is 10.1. The minimum atomic E-state index is -0.786. The lowest BCUT2D eigenvalue weighted by Gasteiger charge is -2.15.